The van der Waals surface area contributed by atoms with Crippen LogP contribution in [0.5, 0.6) is 0 Å². The molecule has 0 amide bonds. The summed E-state index contributed by atoms with van der Waals surface area (Å²) in [5.41, 5.74) is 5.83. The van der Waals surface area contributed by atoms with Crippen LogP contribution in [0.15, 0.2) is 20.9 Å². The number of Topliss-reactive ketones (excluding diaryl/α,β-unsaturated/α-hetero) is 1. The molecular formula is C19H23N5O3S2. The van der Waals surface area contributed by atoms with Crippen LogP contribution >= 0.6 is 23.1 Å². The second kappa shape index (κ2) is 8.11. The van der Waals surface area contributed by atoms with Crippen molar-refractivity contribution in [3.05, 3.63) is 43.2 Å². The number of rotatable bonds is 6. The van der Waals surface area contributed by atoms with Gasteiger partial charge in [0.1, 0.15) is 27.6 Å². The molecule has 3 rings (SSSR count). The SMILES string of the molecule is Cc1sc2ncnc(SCC(=O)c3c(N)n(CC(C)C)c(=O)n(C)c3=O)c2c1C. The zero-order chi connectivity index (χ0) is 21.5. The van der Waals surface area contributed by atoms with E-state index in [4.69, 9.17) is 5.73 Å². The summed E-state index contributed by atoms with van der Waals surface area (Å²) in [5, 5.41) is 1.62. The Morgan fingerprint density at radius 1 is 1.28 bits per heavy atom. The second-order valence-corrected chi connectivity index (χ2v) is 9.43. The predicted molar refractivity (Wildman–Crippen MR) is 117 cm³/mol. The summed E-state index contributed by atoms with van der Waals surface area (Å²) >= 11 is 2.82. The smallest absolute Gasteiger partial charge is 0.332 e. The number of fused-ring (bicyclic) bond motifs is 1. The molecule has 0 bridgehead atoms. The van der Waals surface area contributed by atoms with Gasteiger partial charge >= 0.3 is 5.69 Å². The highest BCUT2D eigenvalue weighted by atomic mass is 32.2. The van der Waals surface area contributed by atoms with Crippen molar-refractivity contribution in [2.45, 2.75) is 39.3 Å². The Morgan fingerprint density at radius 3 is 2.62 bits per heavy atom. The average Bonchev–Trinajstić information content (AvgIpc) is 2.96. The number of hydrogen-bond donors (Lipinski definition) is 1. The van der Waals surface area contributed by atoms with E-state index in [1.165, 1.54) is 29.7 Å². The Hall–Kier alpha value is -2.46. The first-order valence-electron chi connectivity index (χ1n) is 9.09. The van der Waals surface area contributed by atoms with E-state index in [0.29, 0.717) is 11.6 Å². The van der Waals surface area contributed by atoms with Gasteiger partial charge in [-0.05, 0) is 25.3 Å². The molecule has 29 heavy (non-hydrogen) atoms. The third-order valence-corrected chi connectivity index (χ3v) is 6.79. The summed E-state index contributed by atoms with van der Waals surface area (Å²) in [6.07, 6.45) is 1.47. The predicted octanol–water partition coefficient (Wildman–Crippen LogP) is 2.38. The molecule has 154 valence electrons. The normalized spacial score (nSPS) is 11.5. The summed E-state index contributed by atoms with van der Waals surface area (Å²) in [4.78, 5) is 48.5. The molecule has 3 aromatic heterocycles. The summed E-state index contributed by atoms with van der Waals surface area (Å²) in [7, 11) is 1.36. The van der Waals surface area contributed by atoms with Gasteiger partial charge in [-0.15, -0.1) is 11.3 Å². The maximum atomic E-state index is 12.9. The number of nitrogens with zero attached hydrogens (tertiary/aromatic N) is 4. The largest absolute Gasteiger partial charge is 0.384 e. The maximum absolute atomic E-state index is 12.9. The third kappa shape index (κ3) is 3.86. The van der Waals surface area contributed by atoms with E-state index < -0.39 is 17.0 Å². The number of anilines is 1. The Balaban J connectivity index is 1.98. The van der Waals surface area contributed by atoms with Crippen LogP contribution in [0.1, 0.15) is 34.6 Å². The molecule has 3 aromatic rings. The number of carbonyl (C=O) groups excluding carboxylic acids is 1. The molecule has 0 unspecified atom stereocenters. The minimum atomic E-state index is -0.673. The third-order valence-electron chi connectivity index (χ3n) is 4.68. The number of nitrogens with two attached hydrogens (primary N) is 1. The lowest BCUT2D eigenvalue weighted by molar-refractivity contribution is 0.102. The Morgan fingerprint density at radius 2 is 1.97 bits per heavy atom. The second-order valence-electron chi connectivity index (χ2n) is 7.27. The zero-order valence-corrected chi connectivity index (χ0v) is 18.6. The highest BCUT2D eigenvalue weighted by Gasteiger charge is 2.23. The molecule has 0 aromatic carbocycles. The Kier molecular flexibility index (Phi) is 5.95. The minimum absolute atomic E-state index is 0.0141. The number of thiophene rings is 1. The molecule has 0 aliphatic heterocycles. The number of hydrogen-bond acceptors (Lipinski definition) is 8. The number of ketones is 1. The molecule has 0 spiro atoms. The summed E-state index contributed by atoms with van der Waals surface area (Å²) in [5.74, 6) is -0.390. The first-order valence-corrected chi connectivity index (χ1v) is 10.9. The lowest BCUT2D eigenvalue weighted by atomic mass is 10.2. The van der Waals surface area contributed by atoms with Crippen molar-refractivity contribution in [1.82, 2.24) is 19.1 Å². The van der Waals surface area contributed by atoms with Crippen molar-refractivity contribution in [2.75, 3.05) is 11.5 Å². The first-order chi connectivity index (χ1) is 13.6. The fourth-order valence-electron chi connectivity index (χ4n) is 3.05. The van der Waals surface area contributed by atoms with Crippen LogP contribution in [0, 0.1) is 19.8 Å². The van der Waals surface area contributed by atoms with Gasteiger partial charge in [-0.2, -0.15) is 0 Å². The first kappa shape index (κ1) is 21.3. The highest BCUT2D eigenvalue weighted by molar-refractivity contribution is 8.00. The van der Waals surface area contributed by atoms with Gasteiger partial charge < -0.3 is 5.73 Å². The highest BCUT2D eigenvalue weighted by Crippen LogP contribution is 2.34. The van der Waals surface area contributed by atoms with E-state index in [2.05, 4.69) is 9.97 Å². The van der Waals surface area contributed by atoms with Gasteiger partial charge in [0.2, 0.25) is 0 Å². The minimum Gasteiger partial charge on any atom is -0.384 e. The van der Waals surface area contributed by atoms with Crippen molar-refractivity contribution in [3.63, 3.8) is 0 Å². The molecule has 0 aliphatic carbocycles. The van der Waals surface area contributed by atoms with E-state index in [-0.39, 0.29) is 23.1 Å². The molecule has 0 fully saturated rings. The van der Waals surface area contributed by atoms with Gasteiger partial charge in [-0.25, -0.2) is 14.8 Å². The van der Waals surface area contributed by atoms with Crippen LogP contribution in [0.25, 0.3) is 10.2 Å². The zero-order valence-electron chi connectivity index (χ0n) is 17.0. The van der Waals surface area contributed by atoms with Crippen LogP contribution in [0.2, 0.25) is 0 Å². The number of thioether (sulfide) groups is 1. The van der Waals surface area contributed by atoms with Gasteiger partial charge in [-0.3, -0.25) is 18.7 Å². The van der Waals surface area contributed by atoms with E-state index in [1.807, 2.05) is 27.7 Å². The van der Waals surface area contributed by atoms with Gasteiger partial charge in [0.25, 0.3) is 5.56 Å². The molecule has 0 saturated heterocycles. The standard InChI is InChI=1S/C19H23N5O3S2/c1-9(2)6-24-15(20)14(18(26)23(5)19(24)27)12(25)7-28-16-13-10(3)11(4)29-17(13)22-8-21-16/h8-9H,6-7,20H2,1-5H3. The van der Waals surface area contributed by atoms with Crippen LogP contribution < -0.4 is 17.0 Å². The number of aromatic nitrogens is 4. The van der Waals surface area contributed by atoms with Crippen LogP contribution in [-0.4, -0.2) is 30.6 Å². The number of nitrogen functional groups attached to an aromatic ring is 1. The molecule has 2 N–H and O–H groups in total. The van der Waals surface area contributed by atoms with Gasteiger partial charge in [-0.1, -0.05) is 25.6 Å². The van der Waals surface area contributed by atoms with E-state index >= 15 is 0 Å². The summed E-state index contributed by atoms with van der Waals surface area (Å²) < 4.78 is 2.23. The number of aryl methyl sites for hydroxylation is 2. The fourth-order valence-corrected chi connectivity index (χ4v) is 5.04. The van der Waals surface area contributed by atoms with Crippen molar-refractivity contribution in [3.8, 4) is 0 Å². The molecule has 0 aliphatic rings. The van der Waals surface area contributed by atoms with Crippen molar-refractivity contribution < 1.29 is 4.79 Å². The van der Waals surface area contributed by atoms with Gasteiger partial charge in [0.05, 0.1) is 5.75 Å². The monoisotopic (exact) mass is 433 g/mol. The van der Waals surface area contributed by atoms with Gasteiger partial charge in [0.15, 0.2) is 5.78 Å². The van der Waals surface area contributed by atoms with E-state index in [1.54, 1.807) is 11.3 Å². The number of carbonyl (C=O) groups is 1. The van der Waals surface area contributed by atoms with Crippen LogP contribution in [0.3, 0.4) is 0 Å². The Labute approximate surface area is 175 Å². The molecular weight excluding hydrogens is 410 g/mol. The molecule has 0 radical (unpaired) electrons. The summed E-state index contributed by atoms with van der Waals surface area (Å²) in [6, 6.07) is 0. The lowest BCUT2D eigenvalue weighted by Crippen LogP contribution is -2.43. The summed E-state index contributed by atoms with van der Waals surface area (Å²) in [6.45, 7) is 8.20. The van der Waals surface area contributed by atoms with Crippen molar-refractivity contribution in [2.24, 2.45) is 13.0 Å². The van der Waals surface area contributed by atoms with Crippen LogP contribution in [-0.2, 0) is 13.6 Å². The van der Waals surface area contributed by atoms with E-state index in [0.717, 1.165) is 25.2 Å². The topological polar surface area (TPSA) is 113 Å². The Bertz CT molecular complexity index is 1220. The molecule has 3 heterocycles. The lowest BCUT2D eigenvalue weighted by Gasteiger charge is -2.16. The van der Waals surface area contributed by atoms with Crippen molar-refractivity contribution in [1.29, 1.82) is 0 Å². The quantitative estimate of drug-likeness (QED) is 0.361. The molecule has 0 saturated carbocycles. The average molecular weight is 434 g/mol. The van der Waals surface area contributed by atoms with Gasteiger partial charge in [0, 0.05) is 23.9 Å². The van der Waals surface area contributed by atoms with Crippen LogP contribution in [0.4, 0.5) is 5.82 Å². The molecule has 10 heteroatoms. The van der Waals surface area contributed by atoms with Crippen molar-refractivity contribution >= 4 is 44.9 Å². The molecule has 8 nitrogen and oxygen atoms in total. The fraction of sp³-hybridized carbons (Fsp3) is 0.421. The maximum Gasteiger partial charge on any atom is 0.332 e. The van der Waals surface area contributed by atoms with E-state index in [9.17, 15) is 14.4 Å². The molecule has 0 atom stereocenters.